The largest absolute Gasteiger partial charge is 0.420 e. The van der Waals surface area contributed by atoms with Gasteiger partial charge in [-0.25, -0.2) is 0 Å². The second-order valence-electron chi connectivity index (χ2n) is 5.16. The minimum absolute atomic E-state index is 0.470. The molecule has 1 saturated carbocycles. The van der Waals surface area contributed by atoms with Crippen LogP contribution in [0.25, 0.3) is 11.5 Å². The maximum absolute atomic E-state index is 5.81. The first kappa shape index (κ1) is 12.4. The van der Waals surface area contributed by atoms with Crippen LogP contribution in [0.5, 0.6) is 0 Å². The third-order valence-electron chi connectivity index (χ3n) is 3.78. The molecule has 3 rings (SSSR count). The van der Waals surface area contributed by atoms with Crippen LogP contribution in [0.4, 0.5) is 0 Å². The molecule has 2 N–H and O–H groups in total. The van der Waals surface area contributed by atoms with E-state index in [0.29, 0.717) is 18.4 Å². The minimum Gasteiger partial charge on any atom is -0.420 e. The van der Waals surface area contributed by atoms with Gasteiger partial charge in [0.05, 0.1) is 0 Å². The Labute approximate surface area is 113 Å². The fraction of sp³-hybridized carbons (Fsp3) is 0.467. The van der Waals surface area contributed by atoms with E-state index in [1.807, 2.05) is 12.1 Å². The lowest BCUT2D eigenvalue weighted by molar-refractivity contribution is 0.457. The lowest BCUT2D eigenvalue weighted by Crippen LogP contribution is -2.02. The topological polar surface area (TPSA) is 64.9 Å². The van der Waals surface area contributed by atoms with Gasteiger partial charge >= 0.3 is 0 Å². The summed E-state index contributed by atoms with van der Waals surface area (Å²) < 4.78 is 5.81. The van der Waals surface area contributed by atoms with Gasteiger partial charge in [-0.15, -0.1) is 10.2 Å². The summed E-state index contributed by atoms with van der Waals surface area (Å²) in [6.45, 7) is 0.672. The van der Waals surface area contributed by atoms with Crippen LogP contribution in [0.15, 0.2) is 28.7 Å². The van der Waals surface area contributed by atoms with Gasteiger partial charge in [0.2, 0.25) is 11.8 Å². The minimum atomic E-state index is 0.470. The van der Waals surface area contributed by atoms with E-state index >= 15 is 0 Å². The van der Waals surface area contributed by atoms with Gasteiger partial charge in [0.15, 0.2) is 0 Å². The fourth-order valence-electron chi connectivity index (χ4n) is 2.67. The van der Waals surface area contributed by atoms with Gasteiger partial charge in [0.25, 0.3) is 0 Å². The maximum atomic E-state index is 5.81. The van der Waals surface area contributed by atoms with Crippen LogP contribution in [-0.4, -0.2) is 16.7 Å². The summed E-state index contributed by atoms with van der Waals surface area (Å²) in [5.41, 5.74) is 7.76. The van der Waals surface area contributed by atoms with Gasteiger partial charge < -0.3 is 10.2 Å². The number of benzene rings is 1. The van der Waals surface area contributed by atoms with E-state index in [-0.39, 0.29) is 0 Å². The molecule has 1 aliphatic rings. The Balaban J connectivity index is 1.77. The molecule has 0 saturated heterocycles. The Morgan fingerprint density at radius 2 is 1.84 bits per heavy atom. The molecule has 4 heteroatoms. The van der Waals surface area contributed by atoms with E-state index in [9.17, 15) is 0 Å². The zero-order valence-corrected chi connectivity index (χ0v) is 11.0. The van der Waals surface area contributed by atoms with Crippen LogP contribution in [0.3, 0.4) is 0 Å². The van der Waals surface area contributed by atoms with Crippen molar-refractivity contribution < 1.29 is 4.42 Å². The van der Waals surface area contributed by atoms with Crippen LogP contribution >= 0.6 is 0 Å². The molecule has 1 aliphatic carbocycles. The number of aromatic nitrogens is 2. The lowest BCUT2D eigenvalue weighted by Gasteiger charge is -2.01. The summed E-state index contributed by atoms with van der Waals surface area (Å²) in [6, 6.07) is 8.19. The number of nitrogens with zero attached hydrogens (tertiary/aromatic N) is 2. The molecular formula is C15H19N3O. The van der Waals surface area contributed by atoms with Gasteiger partial charge in [-0.3, -0.25) is 0 Å². The van der Waals surface area contributed by atoms with Crippen LogP contribution in [-0.2, 0) is 6.42 Å². The third-order valence-corrected chi connectivity index (χ3v) is 3.78. The Morgan fingerprint density at radius 3 is 2.53 bits per heavy atom. The molecule has 0 aliphatic heterocycles. The molecule has 1 fully saturated rings. The highest BCUT2D eigenvalue weighted by Gasteiger charge is 2.22. The van der Waals surface area contributed by atoms with Crippen molar-refractivity contribution in [3.05, 3.63) is 35.7 Å². The van der Waals surface area contributed by atoms with E-state index in [2.05, 4.69) is 22.3 Å². The predicted molar refractivity (Wildman–Crippen MR) is 73.7 cm³/mol. The highest BCUT2D eigenvalue weighted by atomic mass is 16.4. The van der Waals surface area contributed by atoms with Gasteiger partial charge in [-0.2, -0.15) is 0 Å². The van der Waals surface area contributed by atoms with Crippen LogP contribution in [0.2, 0.25) is 0 Å². The van der Waals surface area contributed by atoms with Crippen LogP contribution in [0, 0.1) is 0 Å². The van der Waals surface area contributed by atoms with Gasteiger partial charge in [0.1, 0.15) is 0 Å². The van der Waals surface area contributed by atoms with Crippen molar-refractivity contribution in [1.29, 1.82) is 0 Å². The molecule has 1 aromatic carbocycles. The normalized spacial score (nSPS) is 16.1. The molecule has 0 bridgehead atoms. The summed E-state index contributed by atoms with van der Waals surface area (Å²) in [5, 5.41) is 8.36. The second-order valence-corrected chi connectivity index (χ2v) is 5.16. The molecule has 0 amide bonds. The maximum Gasteiger partial charge on any atom is 0.247 e. The molecule has 0 unspecified atom stereocenters. The van der Waals surface area contributed by atoms with Crippen LogP contribution < -0.4 is 5.73 Å². The molecule has 1 aromatic heterocycles. The molecule has 2 aromatic rings. The van der Waals surface area contributed by atoms with E-state index < -0.39 is 0 Å². The second kappa shape index (κ2) is 5.53. The summed E-state index contributed by atoms with van der Waals surface area (Å²) >= 11 is 0. The predicted octanol–water partition coefficient (Wildman–Crippen LogP) is 2.90. The molecule has 0 atom stereocenters. The first-order valence-corrected chi connectivity index (χ1v) is 6.99. The lowest BCUT2D eigenvalue weighted by atomic mass is 10.1. The van der Waals surface area contributed by atoms with Crippen molar-refractivity contribution in [1.82, 2.24) is 10.2 Å². The van der Waals surface area contributed by atoms with Gasteiger partial charge in [0, 0.05) is 11.5 Å². The first-order valence-electron chi connectivity index (χ1n) is 6.99. The number of hydrogen-bond acceptors (Lipinski definition) is 4. The Kier molecular flexibility index (Phi) is 3.60. The number of hydrogen-bond donors (Lipinski definition) is 1. The summed E-state index contributed by atoms with van der Waals surface area (Å²) in [6.07, 6.45) is 5.80. The molecule has 1 heterocycles. The zero-order chi connectivity index (χ0) is 13.1. The van der Waals surface area contributed by atoms with Crippen molar-refractivity contribution in [3.8, 4) is 11.5 Å². The van der Waals surface area contributed by atoms with Crippen molar-refractivity contribution in [2.45, 2.75) is 38.0 Å². The van der Waals surface area contributed by atoms with Crippen LogP contribution in [0.1, 0.15) is 43.1 Å². The average Bonchev–Trinajstić information content (AvgIpc) is 3.11. The first-order chi connectivity index (χ1) is 9.36. The van der Waals surface area contributed by atoms with Crippen molar-refractivity contribution in [2.75, 3.05) is 6.54 Å². The van der Waals surface area contributed by atoms with Crippen molar-refractivity contribution in [2.24, 2.45) is 5.73 Å². The monoisotopic (exact) mass is 257 g/mol. The van der Waals surface area contributed by atoms with E-state index in [4.69, 9.17) is 10.2 Å². The smallest absolute Gasteiger partial charge is 0.247 e. The van der Waals surface area contributed by atoms with E-state index in [1.165, 1.54) is 31.2 Å². The molecule has 19 heavy (non-hydrogen) atoms. The molecule has 0 radical (unpaired) electrons. The zero-order valence-electron chi connectivity index (χ0n) is 11.0. The Hall–Kier alpha value is -1.68. The van der Waals surface area contributed by atoms with Gasteiger partial charge in [-0.05, 0) is 43.5 Å². The average molecular weight is 257 g/mol. The van der Waals surface area contributed by atoms with E-state index in [1.54, 1.807) is 0 Å². The highest BCUT2D eigenvalue weighted by molar-refractivity contribution is 5.53. The fourth-order valence-corrected chi connectivity index (χ4v) is 2.67. The highest BCUT2D eigenvalue weighted by Crippen LogP contribution is 2.34. The number of nitrogens with two attached hydrogens (primary N) is 1. The summed E-state index contributed by atoms with van der Waals surface area (Å²) in [4.78, 5) is 0. The molecule has 4 nitrogen and oxygen atoms in total. The summed E-state index contributed by atoms with van der Waals surface area (Å²) in [7, 11) is 0. The van der Waals surface area contributed by atoms with Gasteiger partial charge in [-0.1, -0.05) is 25.0 Å². The number of rotatable bonds is 4. The standard InChI is InChI=1S/C15H19N3O/c16-10-9-11-5-7-13(8-6-11)15-18-17-14(19-15)12-3-1-2-4-12/h5-8,12H,1-4,9-10,16H2. The molecule has 0 spiro atoms. The van der Waals surface area contributed by atoms with E-state index in [0.717, 1.165) is 17.9 Å². The third kappa shape index (κ3) is 2.68. The Bertz CT molecular complexity index is 527. The SMILES string of the molecule is NCCc1ccc(-c2nnc(C3CCCC3)o2)cc1. The van der Waals surface area contributed by atoms with Crippen molar-refractivity contribution in [3.63, 3.8) is 0 Å². The van der Waals surface area contributed by atoms with Crippen molar-refractivity contribution >= 4 is 0 Å². The Morgan fingerprint density at radius 1 is 1.11 bits per heavy atom. The molecule has 100 valence electrons. The quantitative estimate of drug-likeness (QED) is 0.914. The molecular weight excluding hydrogens is 238 g/mol. The summed E-state index contributed by atoms with van der Waals surface area (Å²) in [5.74, 6) is 1.90.